The zero-order valence-corrected chi connectivity index (χ0v) is 12.4. The maximum atomic E-state index is 11.3. The molecular formula is C18H20N2O2. The van der Waals surface area contributed by atoms with Crippen molar-refractivity contribution in [1.29, 1.82) is 0 Å². The summed E-state index contributed by atoms with van der Waals surface area (Å²) in [5, 5.41) is 13.4. The van der Waals surface area contributed by atoms with E-state index in [1.807, 2.05) is 24.3 Å². The van der Waals surface area contributed by atoms with Gasteiger partial charge in [-0.05, 0) is 41.7 Å². The summed E-state index contributed by atoms with van der Waals surface area (Å²) in [5.74, 6) is -0.426. The van der Waals surface area contributed by atoms with Crippen LogP contribution in [0.15, 0.2) is 48.5 Å². The van der Waals surface area contributed by atoms with Crippen LogP contribution >= 0.6 is 0 Å². The number of aryl methyl sites for hydroxylation is 1. The highest BCUT2D eigenvalue weighted by Gasteiger charge is 2.37. The molecule has 0 saturated heterocycles. The average molecular weight is 296 g/mol. The number of rotatable bonds is 5. The molecule has 3 rings (SSSR count). The van der Waals surface area contributed by atoms with Crippen molar-refractivity contribution in [2.45, 2.75) is 24.9 Å². The van der Waals surface area contributed by atoms with Crippen LogP contribution < -0.4 is 11.1 Å². The Labute approximate surface area is 130 Å². The molecule has 1 unspecified atom stereocenters. The van der Waals surface area contributed by atoms with E-state index >= 15 is 0 Å². The van der Waals surface area contributed by atoms with Crippen LogP contribution in [0.4, 0.5) is 0 Å². The fraction of sp³-hybridized carbons (Fsp3) is 0.278. The van der Waals surface area contributed by atoms with Crippen molar-refractivity contribution >= 4 is 5.91 Å². The highest BCUT2D eigenvalue weighted by Crippen LogP contribution is 2.36. The summed E-state index contributed by atoms with van der Waals surface area (Å²) in [7, 11) is 0. The number of benzene rings is 2. The average Bonchev–Trinajstić information content (AvgIpc) is 2.93. The molecule has 0 bridgehead atoms. The van der Waals surface area contributed by atoms with Gasteiger partial charge in [-0.1, -0.05) is 36.4 Å². The normalized spacial score (nSPS) is 19.9. The van der Waals surface area contributed by atoms with Crippen LogP contribution in [0, 0.1) is 0 Å². The van der Waals surface area contributed by atoms with E-state index in [9.17, 15) is 9.90 Å². The molecular weight excluding hydrogens is 276 g/mol. The molecule has 0 aliphatic heterocycles. The molecule has 2 aromatic carbocycles. The number of primary amides is 1. The second kappa shape index (κ2) is 5.91. The van der Waals surface area contributed by atoms with Crippen LogP contribution in [0.25, 0.3) is 0 Å². The number of hydrogen-bond acceptors (Lipinski definition) is 3. The predicted octanol–water partition coefficient (Wildman–Crippen LogP) is 1.71. The highest BCUT2D eigenvalue weighted by molar-refractivity contribution is 5.92. The third kappa shape index (κ3) is 2.63. The first-order chi connectivity index (χ1) is 10.6. The second-order valence-corrected chi connectivity index (χ2v) is 5.82. The molecule has 0 heterocycles. The smallest absolute Gasteiger partial charge is 0.248 e. The molecule has 0 aromatic heterocycles. The zero-order valence-electron chi connectivity index (χ0n) is 12.4. The van der Waals surface area contributed by atoms with Gasteiger partial charge in [-0.2, -0.15) is 0 Å². The molecule has 0 saturated carbocycles. The van der Waals surface area contributed by atoms with Gasteiger partial charge in [0, 0.05) is 12.1 Å². The number of carbonyl (C=O) groups excluding carboxylic acids is 1. The van der Waals surface area contributed by atoms with Crippen LogP contribution in [-0.4, -0.2) is 17.6 Å². The Kier molecular flexibility index (Phi) is 3.96. The lowest BCUT2D eigenvalue weighted by Crippen LogP contribution is -2.43. The molecule has 4 nitrogen and oxygen atoms in total. The third-order valence-corrected chi connectivity index (χ3v) is 4.47. The number of aliphatic hydroxyl groups excluding tert-OH is 1. The predicted molar refractivity (Wildman–Crippen MR) is 85.3 cm³/mol. The number of amides is 1. The third-order valence-electron chi connectivity index (χ3n) is 4.47. The van der Waals surface area contributed by atoms with E-state index in [0.29, 0.717) is 12.1 Å². The maximum Gasteiger partial charge on any atom is 0.248 e. The van der Waals surface area contributed by atoms with Crippen LogP contribution in [0.1, 0.15) is 33.5 Å². The van der Waals surface area contributed by atoms with Gasteiger partial charge in [-0.3, -0.25) is 4.79 Å². The summed E-state index contributed by atoms with van der Waals surface area (Å²) < 4.78 is 0. The van der Waals surface area contributed by atoms with Gasteiger partial charge in [0.25, 0.3) is 0 Å². The standard InChI is InChI=1S/C18H20N2O2/c19-17(22)15-6-3-4-13(10-15)11-20-18(12-21)9-8-14-5-1-2-7-16(14)18/h1-7,10,20-21H,8-9,11-12H2,(H2,19,22). The lowest BCUT2D eigenvalue weighted by molar-refractivity contribution is 0.1000. The molecule has 0 spiro atoms. The monoisotopic (exact) mass is 296 g/mol. The lowest BCUT2D eigenvalue weighted by atomic mass is 9.92. The second-order valence-electron chi connectivity index (χ2n) is 5.82. The summed E-state index contributed by atoms with van der Waals surface area (Å²) in [5.41, 5.74) is 8.85. The van der Waals surface area contributed by atoms with E-state index in [-0.39, 0.29) is 6.61 Å². The van der Waals surface area contributed by atoms with Crippen molar-refractivity contribution in [3.63, 3.8) is 0 Å². The van der Waals surface area contributed by atoms with Gasteiger partial charge in [-0.15, -0.1) is 0 Å². The number of aliphatic hydroxyl groups is 1. The molecule has 114 valence electrons. The molecule has 4 heteroatoms. The fourth-order valence-corrected chi connectivity index (χ4v) is 3.20. The minimum absolute atomic E-state index is 0.0551. The van der Waals surface area contributed by atoms with Crippen LogP contribution in [0.2, 0.25) is 0 Å². The van der Waals surface area contributed by atoms with Gasteiger partial charge in [0.05, 0.1) is 12.1 Å². The summed E-state index contributed by atoms with van der Waals surface area (Å²) in [4.78, 5) is 11.3. The van der Waals surface area contributed by atoms with Gasteiger partial charge in [0.15, 0.2) is 0 Å². The van der Waals surface area contributed by atoms with Gasteiger partial charge in [-0.25, -0.2) is 0 Å². The van der Waals surface area contributed by atoms with E-state index < -0.39 is 11.4 Å². The molecule has 1 aliphatic rings. The SMILES string of the molecule is NC(=O)c1cccc(CNC2(CO)CCc3ccccc32)c1. The summed E-state index contributed by atoms with van der Waals surface area (Å²) in [6.45, 7) is 0.634. The number of hydrogen-bond donors (Lipinski definition) is 3. The lowest BCUT2D eigenvalue weighted by Gasteiger charge is -2.30. The fourth-order valence-electron chi connectivity index (χ4n) is 3.20. The molecule has 4 N–H and O–H groups in total. The van der Waals surface area contributed by atoms with Gasteiger partial charge in [0.1, 0.15) is 0 Å². The van der Waals surface area contributed by atoms with Crippen LogP contribution in [0.5, 0.6) is 0 Å². The Morgan fingerprint density at radius 2 is 2.05 bits per heavy atom. The molecule has 2 aromatic rings. The quantitative estimate of drug-likeness (QED) is 0.786. The Balaban J connectivity index is 1.81. The minimum atomic E-state index is -0.426. The molecule has 1 atom stereocenters. The Morgan fingerprint density at radius 3 is 2.82 bits per heavy atom. The maximum absolute atomic E-state index is 11.3. The molecule has 0 radical (unpaired) electrons. The first kappa shape index (κ1) is 14.8. The van der Waals surface area contributed by atoms with E-state index in [1.165, 1.54) is 11.1 Å². The van der Waals surface area contributed by atoms with E-state index in [1.54, 1.807) is 12.1 Å². The molecule has 1 amide bonds. The Bertz CT molecular complexity index is 699. The van der Waals surface area contributed by atoms with Crippen LogP contribution in [0.3, 0.4) is 0 Å². The van der Waals surface area contributed by atoms with Crippen LogP contribution in [-0.2, 0) is 18.5 Å². The number of carbonyl (C=O) groups is 1. The molecule has 0 fully saturated rings. The number of nitrogens with two attached hydrogens (primary N) is 1. The van der Waals surface area contributed by atoms with Crippen molar-refractivity contribution in [3.8, 4) is 0 Å². The summed E-state index contributed by atoms with van der Waals surface area (Å²) >= 11 is 0. The van der Waals surface area contributed by atoms with E-state index in [4.69, 9.17) is 5.73 Å². The van der Waals surface area contributed by atoms with Crippen molar-refractivity contribution in [2.75, 3.05) is 6.61 Å². The van der Waals surface area contributed by atoms with E-state index in [2.05, 4.69) is 17.4 Å². The Hall–Kier alpha value is -2.17. The topological polar surface area (TPSA) is 75.4 Å². The van der Waals surface area contributed by atoms with Crippen molar-refractivity contribution in [2.24, 2.45) is 5.73 Å². The van der Waals surface area contributed by atoms with Gasteiger partial charge in [0.2, 0.25) is 5.91 Å². The minimum Gasteiger partial charge on any atom is -0.394 e. The highest BCUT2D eigenvalue weighted by atomic mass is 16.3. The first-order valence-corrected chi connectivity index (χ1v) is 7.48. The summed E-state index contributed by atoms with van der Waals surface area (Å²) in [6, 6.07) is 15.5. The number of fused-ring (bicyclic) bond motifs is 1. The van der Waals surface area contributed by atoms with Crippen molar-refractivity contribution in [1.82, 2.24) is 5.32 Å². The summed E-state index contributed by atoms with van der Waals surface area (Å²) in [6.07, 6.45) is 1.84. The Morgan fingerprint density at radius 1 is 1.23 bits per heavy atom. The van der Waals surface area contributed by atoms with Crippen molar-refractivity contribution < 1.29 is 9.90 Å². The first-order valence-electron chi connectivity index (χ1n) is 7.48. The largest absolute Gasteiger partial charge is 0.394 e. The van der Waals surface area contributed by atoms with Crippen molar-refractivity contribution in [3.05, 3.63) is 70.8 Å². The molecule has 1 aliphatic carbocycles. The van der Waals surface area contributed by atoms with Gasteiger partial charge < -0.3 is 16.2 Å². The van der Waals surface area contributed by atoms with E-state index in [0.717, 1.165) is 18.4 Å². The zero-order chi connectivity index (χ0) is 15.6. The number of nitrogens with one attached hydrogen (secondary N) is 1. The molecule has 22 heavy (non-hydrogen) atoms. The van der Waals surface area contributed by atoms with Gasteiger partial charge >= 0.3 is 0 Å².